The number of carbonyl (C=O) groups is 4. The number of cyclic esters (lactones) is 1. The quantitative estimate of drug-likeness (QED) is 0.186. The van der Waals surface area contributed by atoms with Crippen LogP contribution >= 0.6 is 0 Å². The maximum Gasteiger partial charge on any atom is 0.329 e. The van der Waals surface area contributed by atoms with E-state index >= 15 is 0 Å². The number of Topliss-reactive ketones (excluding diaryl/α,β-unsaturated/α-hetero) is 2. The Hall–Kier alpha value is -3.00. The molecule has 0 aromatic heterocycles. The lowest BCUT2D eigenvalue weighted by atomic mass is 9.79. The van der Waals surface area contributed by atoms with E-state index in [1.807, 2.05) is 65.0 Å². The van der Waals surface area contributed by atoms with Crippen molar-refractivity contribution in [1.29, 1.82) is 0 Å². The number of fused-ring (bicyclic) bond motifs is 3. The minimum atomic E-state index is -1.73. The number of carbonyl (C=O) groups excluding carboxylic acids is 4. The van der Waals surface area contributed by atoms with Crippen LogP contribution in [0.3, 0.4) is 0 Å². The van der Waals surface area contributed by atoms with Crippen LogP contribution in [0.1, 0.15) is 138 Å². The molecule has 0 aromatic carbocycles. The Bertz CT molecular complexity index is 1610. The fraction of sp³-hybridized carbons (Fsp3) is 0.760. The Morgan fingerprint density at radius 1 is 0.871 bits per heavy atom. The summed E-state index contributed by atoms with van der Waals surface area (Å²) in [5.41, 5.74) is 1.40. The zero-order valence-electron chi connectivity index (χ0n) is 39.1. The second-order valence-electron chi connectivity index (χ2n) is 19.3. The molecule has 2 saturated heterocycles. The minimum absolute atomic E-state index is 0.0572. The monoisotopic (exact) mass is 870 g/mol. The molecule has 1 amide bonds. The van der Waals surface area contributed by atoms with Crippen LogP contribution in [-0.2, 0) is 38.1 Å². The van der Waals surface area contributed by atoms with Crippen molar-refractivity contribution >= 4 is 23.4 Å². The first-order valence-electron chi connectivity index (χ1n) is 23.4. The van der Waals surface area contributed by atoms with Crippen LogP contribution in [-0.4, -0.2) is 113 Å². The lowest BCUT2D eigenvalue weighted by Crippen LogP contribution is -2.55. The summed E-state index contributed by atoms with van der Waals surface area (Å²) >= 11 is 0. The summed E-state index contributed by atoms with van der Waals surface area (Å²) in [6.07, 6.45) is 15.0. The number of rotatable bonds is 5. The van der Waals surface area contributed by atoms with Crippen molar-refractivity contribution in [2.24, 2.45) is 35.5 Å². The van der Waals surface area contributed by atoms with Crippen molar-refractivity contribution < 1.29 is 53.4 Å². The van der Waals surface area contributed by atoms with Gasteiger partial charge in [0.2, 0.25) is 5.91 Å². The molecular formula is C50H79NO11. The predicted molar refractivity (Wildman–Crippen MR) is 239 cm³/mol. The highest BCUT2D eigenvalue weighted by Crippen LogP contribution is 2.38. The lowest BCUT2D eigenvalue weighted by Gasteiger charge is -2.44. The average Bonchev–Trinajstić information content (AvgIpc) is 3.23. The SMILES string of the molecule is CO[C@H]1C[C@@H]2CC[C@@H](C)[C@](O)(CC(=O)N3CCCC[C@H]3C(=O)O[C@H]([C@H](C)CC3CCC(O)CC3)CC(=O)[C@H](C)/C=C(\C)[C@@H](O)[C@@H](OC)C(=O)[C@H](C)C[C@H](C)/C=C/C=C/C=C/1C)O2. The van der Waals surface area contributed by atoms with E-state index in [1.165, 1.54) is 12.0 Å². The maximum absolute atomic E-state index is 14.3. The molecule has 12 nitrogen and oxygen atoms in total. The highest BCUT2D eigenvalue weighted by Gasteiger charge is 2.46. The molecule has 0 spiro atoms. The van der Waals surface area contributed by atoms with Crippen LogP contribution < -0.4 is 0 Å². The first-order chi connectivity index (χ1) is 29.4. The molecule has 2 bridgehead atoms. The van der Waals surface area contributed by atoms with E-state index in [9.17, 15) is 34.5 Å². The first kappa shape index (κ1) is 51.6. The van der Waals surface area contributed by atoms with Crippen LogP contribution in [0.25, 0.3) is 0 Å². The highest BCUT2D eigenvalue weighted by atomic mass is 16.6. The van der Waals surface area contributed by atoms with Crippen LogP contribution in [0, 0.1) is 35.5 Å². The van der Waals surface area contributed by atoms with Gasteiger partial charge in [-0.2, -0.15) is 0 Å². The van der Waals surface area contributed by atoms with E-state index in [-0.39, 0.29) is 66.4 Å². The molecule has 4 aliphatic rings. The van der Waals surface area contributed by atoms with Gasteiger partial charge in [-0.1, -0.05) is 71.1 Å². The molecule has 12 atom stereocenters. The highest BCUT2D eigenvalue weighted by molar-refractivity contribution is 5.87. The summed E-state index contributed by atoms with van der Waals surface area (Å²) < 4.78 is 24.2. The largest absolute Gasteiger partial charge is 0.460 e. The zero-order valence-corrected chi connectivity index (χ0v) is 39.1. The van der Waals surface area contributed by atoms with Crippen molar-refractivity contribution in [2.75, 3.05) is 20.8 Å². The molecule has 3 fully saturated rings. The van der Waals surface area contributed by atoms with Crippen molar-refractivity contribution in [3.05, 3.63) is 47.6 Å². The fourth-order valence-electron chi connectivity index (χ4n) is 9.93. The third kappa shape index (κ3) is 14.5. The molecular weight excluding hydrogens is 791 g/mol. The summed E-state index contributed by atoms with van der Waals surface area (Å²) in [7, 11) is 3.04. The van der Waals surface area contributed by atoms with Crippen molar-refractivity contribution in [3.63, 3.8) is 0 Å². The molecule has 4 rings (SSSR count). The van der Waals surface area contributed by atoms with E-state index in [4.69, 9.17) is 18.9 Å². The number of allylic oxidation sites excluding steroid dienone is 6. The molecule has 3 aliphatic heterocycles. The molecule has 3 N–H and O–H groups in total. The molecule has 0 radical (unpaired) electrons. The van der Waals surface area contributed by atoms with Crippen LogP contribution in [0.2, 0.25) is 0 Å². The van der Waals surface area contributed by atoms with E-state index in [2.05, 4.69) is 0 Å². The molecule has 1 aliphatic carbocycles. The number of amides is 1. The smallest absolute Gasteiger partial charge is 0.329 e. The Balaban J connectivity index is 1.66. The Kier molecular flexibility index (Phi) is 20.3. The van der Waals surface area contributed by atoms with Gasteiger partial charge in [0.25, 0.3) is 0 Å². The Morgan fingerprint density at radius 3 is 2.26 bits per heavy atom. The van der Waals surface area contributed by atoms with Crippen molar-refractivity contribution in [3.8, 4) is 0 Å². The summed E-state index contributed by atoms with van der Waals surface area (Å²) in [5, 5.41) is 33.5. The standard InChI is InChI=1S/C50H79NO11/c1-31-15-11-10-12-16-32(2)43(59-8)28-40-23-18-37(7)50(58,62-40)30-45(54)51-24-14-13-17-41(51)49(57)61-44(34(4)27-38-19-21-39(52)22-20-38)29-42(53)33(3)26-36(6)47(56)48(60-9)46(55)35(5)25-31/h10-12,15-16,26,31,33-35,37-41,43-44,47-48,52,56,58H,13-14,17-25,27-30H2,1-9H3/b12-10+,15-11+,32-16+,36-26+/t31-,33-,34-,35-,37-,38?,39?,40+,41+,43+,44+,47-,48+,50+/m1/s1. The third-order valence-corrected chi connectivity index (χ3v) is 14.2. The third-order valence-electron chi connectivity index (χ3n) is 14.2. The van der Waals surface area contributed by atoms with Crippen molar-refractivity contribution in [2.45, 2.75) is 187 Å². The van der Waals surface area contributed by atoms with Gasteiger partial charge in [-0.05, 0) is 113 Å². The second-order valence-corrected chi connectivity index (χ2v) is 19.3. The van der Waals surface area contributed by atoms with Gasteiger partial charge in [0.15, 0.2) is 11.6 Å². The molecule has 1 saturated carbocycles. The second kappa shape index (κ2) is 24.3. The van der Waals surface area contributed by atoms with Crippen LogP contribution in [0.15, 0.2) is 47.6 Å². The van der Waals surface area contributed by atoms with E-state index in [0.29, 0.717) is 75.8 Å². The van der Waals surface area contributed by atoms with Gasteiger partial charge in [-0.25, -0.2) is 4.79 Å². The summed E-state index contributed by atoms with van der Waals surface area (Å²) in [6.45, 7) is 13.5. The number of nitrogens with zero attached hydrogens (tertiary/aromatic N) is 1. The number of ether oxygens (including phenoxy) is 4. The zero-order chi connectivity index (χ0) is 45.7. The molecule has 350 valence electrons. The topological polar surface area (TPSA) is 169 Å². The van der Waals surface area contributed by atoms with Gasteiger partial charge in [0.1, 0.15) is 30.1 Å². The molecule has 3 heterocycles. The van der Waals surface area contributed by atoms with Crippen LogP contribution in [0.5, 0.6) is 0 Å². The number of esters is 1. The number of ketones is 2. The molecule has 0 unspecified atom stereocenters. The van der Waals surface area contributed by atoms with Gasteiger partial charge >= 0.3 is 5.97 Å². The van der Waals surface area contributed by atoms with Gasteiger partial charge in [0.05, 0.1) is 24.7 Å². The summed E-state index contributed by atoms with van der Waals surface area (Å²) in [6, 6.07) is -0.877. The average molecular weight is 870 g/mol. The number of hydrogen-bond donors (Lipinski definition) is 3. The normalized spacial score (nSPS) is 40.5. The van der Waals surface area contributed by atoms with Gasteiger partial charge in [0, 0.05) is 51.4 Å². The molecule has 62 heavy (non-hydrogen) atoms. The number of piperidine rings is 1. The van der Waals surface area contributed by atoms with Crippen LogP contribution in [0.4, 0.5) is 0 Å². The maximum atomic E-state index is 14.3. The fourth-order valence-corrected chi connectivity index (χ4v) is 9.93. The molecule has 0 aromatic rings. The Labute approximate surface area is 371 Å². The molecule has 12 heteroatoms. The van der Waals surface area contributed by atoms with E-state index < -0.39 is 47.9 Å². The summed E-state index contributed by atoms with van der Waals surface area (Å²) in [5.74, 6) is -4.33. The minimum Gasteiger partial charge on any atom is -0.460 e. The van der Waals surface area contributed by atoms with Crippen molar-refractivity contribution in [1.82, 2.24) is 4.90 Å². The first-order valence-corrected chi connectivity index (χ1v) is 23.4. The lowest BCUT2D eigenvalue weighted by molar-refractivity contribution is -0.284. The number of aliphatic hydroxyl groups excluding tert-OH is 2. The summed E-state index contributed by atoms with van der Waals surface area (Å²) in [4.78, 5) is 57.7. The van der Waals surface area contributed by atoms with Gasteiger partial charge < -0.3 is 39.2 Å². The number of methoxy groups -OCH3 is 2. The van der Waals surface area contributed by atoms with E-state index in [0.717, 1.165) is 24.8 Å². The number of hydrogen-bond acceptors (Lipinski definition) is 11. The number of aliphatic hydroxyl groups is 3. The van der Waals surface area contributed by atoms with E-state index in [1.54, 1.807) is 27.0 Å². The van der Waals surface area contributed by atoms with Gasteiger partial charge in [-0.15, -0.1) is 0 Å². The van der Waals surface area contributed by atoms with Gasteiger partial charge in [-0.3, -0.25) is 14.4 Å². The predicted octanol–water partition coefficient (Wildman–Crippen LogP) is 7.38. The Morgan fingerprint density at radius 2 is 1.58 bits per heavy atom.